The fourth-order valence-corrected chi connectivity index (χ4v) is 3.79. The number of rotatable bonds is 4. The minimum absolute atomic E-state index is 0.00185. The molecule has 1 saturated heterocycles. The Hall–Kier alpha value is -1.84. The summed E-state index contributed by atoms with van der Waals surface area (Å²) in [6.45, 7) is 2.58. The first-order chi connectivity index (χ1) is 11.1. The lowest BCUT2D eigenvalue weighted by Crippen LogP contribution is -2.49. The summed E-state index contributed by atoms with van der Waals surface area (Å²) in [7, 11) is 0. The van der Waals surface area contributed by atoms with Gasteiger partial charge in [-0.15, -0.1) is 0 Å². The smallest absolute Gasteiger partial charge is 0.243 e. The van der Waals surface area contributed by atoms with Crippen molar-refractivity contribution in [1.29, 1.82) is 0 Å². The molecule has 2 fully saturated rings. The van der Waals surface area contributed by atoms with Gasteiger partial charge in [0.15, 0.2) is 0 Å². The highest BCUT2D eigenvalue weighted by Gasteiger charge is 2.40. The van der Waals surface area contributed by atoms with Crippen molar-refractivity contribution in [3.05, 3.63) is 35.4 Å². The van der Waals surface area contributed by atoms with Crippen LogP contribution >= 0.6 is 0 Å². The number of carbonyl (C=O) groups excluding carboxylic acids is 2. The van der Waals surface area contributed by atoms with E-state index in [0.29, 0.717) is 19.4 Å². The maximum Gasteiger partial charge on any atom is 0.243 e. The van der Waals surface area contributed by atoms with Crippen molar-refractivity contribution in [1.82, 2.24) is 10.2 Å². The molecule has 1 saturated carbocycles. The molecule has 23 heavy (non-hydrogen) atoms. The molecular formula is C19H26N2O2. The first-order valence-corrected chi connectivity index (χ1v) is 8.79. The molecule has 1 aliphatic heterocycles. The third kappa shape index (κ3) is 3.74. The van der Waals surface area contributed by atoms with E-state index in [4.69, 9.17) is 0 Å². The van der Waals surface area contributed by atoms with Crippen molar-refractivity contribution in [2.75, 3.05) is 0 Å². The zero-order valence-electron chi connectivity index (χ0n) is 13.9. The van der Waals surface area contributed by atoms with Gasteiger partial charge in [-0.3, -0.25) is 9.59 Å². The summed E-state index contributed by atoms with van der Waals surface area (Å²) in [5, 5.41) is 3.02. The molecular weight excluding hydrogens is 288 g/mol. The highest BCUT2D eigenvalue weighted by atomic mass is 16.2. The van der Waals surface area contributed by atoms with Gasteiger partial charge in [-0.2, -0.15) is 0 Å². The third-order valence-corrected chi connectivity index (χ3v) is 5.11. The Kier molecular flexibility index (Phi) is 4.99. The van der Waals surface area contributed by atoms with Crippen molar-refractivity contribution < 1.29 is 9.59 Å². The zero-order valence-corrected chi connectivity index (χ0v) is 13.9. The quantitative estimate of drug-likeness (QED) is 0.929. The molecule has 2 amide bonds. The van der Waals surface area contributed by atoms with Gasteiger partial charge in [0.2, 0.25) is 11.8 Å². The van der Waals surface area contributed by atoms with Crippen LogP contribution in [0.25, 0.3) is 0 Å². The number of amides is 2. The maximum absolute atomic E-state index is 12.6. The molecule has 0 spiro atoms. The summed E-state index contributed by atoms with van der Waals surface area (Å²) >= 11 is 0. The molecule has 2 aliphatic rings. The Morgan fingerprint density at radius 1 is 1.13 bits per heavy atom. The Balaban J connectivity index is 1.60. The molecule has 124 valence electrons. The van der Waals surface area contributed by atoms with Gasteiger partial charge in [-0.05, 0) is 31.7 Å². The Bertz CT molecular complexity index is 561. The topological polar surface area (TPSA) is 49.4 Å². The van der Waals surface area contributed by atoms with E-state index >= 15 is 0 Å². The van der Waals surface area contributed by atoms with E-state index in [1.807, 2.05) is 17.0 Å². The lowest BCUT2D eigenvalue weighted by molar-refractivity contribution is -0.138. The normalized spacial score (nSPS) is 22.4. The molecule has 1 aliphatic carbocycles. The molecule has 0 unspecified atom stereocenters. The van der Waals surface area contributed by atoms with Crippen LogP contribution in [0.1, 0.15) is 56.1 Å². The van der Waals surface area contributed by atoms with Crippen LogP contribution in [0.15, 0.2) is 24.3 Å². The van der Waals surface area contributed by atoms with E-state index in [-0.39, 0.29) is 23.9 Å². The first kappa shape index (κ1) is 16.0. The minimum Gasteiger partial charge on any atom is -0.350 e. The van der Waals surface area contributed by atoms with Gasteiger partial charge < -0.3 is 10.2 Å². The summed E-state index contributed by atoms with van der Waals surface area (Å²) in [6, 6.07) is 8.18. The fraction of sp³-hybridized carbons (Fsp3) is 0.579. The number of benzene rings is 1. The Labute approximate surface area is 138 Å². The van der Waals surface area contributed by atoms with Crippen molar-refractivity contribution >= 4 is 11.8 Å². The van der Waals surface area contributed by atoms with Gasteiger partial charge in [-0.1, -0.05) is 49.1 Å². The number of likely N-dealkylation sites (tertiary alicyclic amines) is 1. The van der Waals surface area contributed by atoms with Gasteiger partial charge >= 0.3 is 0 Å². The van der Waals surface area contributed by atoms with Crippen molar-refractivity contribution in [2.45, 2.75) is 70.5 Å². The Morgan fingerprint density at radius 2 is 1.83 bits per heavy atom. The summed E-state index contributed by atoms with van der Waals surface area (Å²) in [4.78, 5) is 26.7. The molecule has 1 aromatic rings. The van der Waals surface area contributed by atoms with Crippen LogP contribution in [-0.2, 0) is 16.1 Å². The second-order valence-corrected chi connectivity index (χ2v) is 6.85. The predicted molar refractivity (Wildman–Crippen MR) is 89.8 cm³/mol. The van der Waals surface area contributed by atoms with Crippen LogP contribution in [0.4, 0.5) is 0 Å². The average Bonchev–Trinajstić information content (AvgIpc) is 2.96. The molecule has 1 aromatic carbocycles. The standard InChI is InChI=1S/C19H26N2O2/c1-14-7-9-15(10-8-14)13-20-19(23)17-11-12-18(22)21(17)16-5-3-2-4-6-16/h7-10,16-17H,2-6,11-13H2,1H3,(H,20,23)/t17-/m0/s1. The number of nitrogens with zero attached hydrogens (tertiary/aromatic N) is 1. The number of hydrogen-bond acceptors (Lipinski definition) is 2. The highest BCUT2D eigenvalue weighted by Crippen LogP contribution is 2.30. The predicted octanol–water partition coefficient (Wildman–Crippen LogP) is 2.93. The van der Waals surface area contributed by atoms with Crippen molar-refractivity contribution in [3.63, 3.8) is 0 Å². The van der Waals surface area contributed by atoms with Gasteiger partial charge in [0.05, 0.1) is 0 Å². The maximum atomic E-state index is 12.6. The van der Waals surface area contributed by atoms with E-state index in [2.05, 4.69) is 24.4 Å². The van der Waals surface area contributed by atoms with Crippen LogP contribution in [0.2, 0.25) is 0 Å². The fourth-order valence-electron chi connectivity index (χ4n) is 3.79. The minimum atomic E-state index is -0.268. The first-order valence-electron chi connectivity index (χ1n) is 8.79. The molecule has 1 atom stereocenters. The molecule has 4 heteroatoms. The van der Waals surface area contributed by atoms with Gasteiger partial charge in [0.1, 0.15) is 6.04 Å². The summed E-state index contributed by atoms with van der Waals surface area (Å²) in [5.41, 5.74) is 2.31. The molecule has 1 heterocycles. The molecule has 0 radical (unpaired) electrons. The number of nitrogens with one attached hydrogen (secondary N) is 1. The van der Waals surface area contributed by atoms with Crippen molar-refractivity contribution in [2.24, 2.45) is 0 Å². The number of carbonyl (C=O) groups is 2. The molecule has 1 N–H and O–H groups in total. The van der Waals surface area contributed by atoms with Crippen LogP contribution in [-0.4, -0.2) is 28.8 Å². The highest BCUT2D eigenvalue weighted by molar-refractivity contribution is 5.91. The van der Waals surface area contributed by atoms with Crippen LogP contribution < -0.4 is 5.32 Å². The van der Waals surface area contributed by atoms with Gasteiger partial charge in [-0.25, -0.2) is 0 Å². The number of hydrogen-bond donors (Lipinski definition) is 1. The average molecular weight is 314 g/mol. The van der Waals surface area contributed by atoms with Crippen LogP contribution in [0.3, 0.4) is 0 Å². The second kappa shape index (κ2) is 7.16. The molecule has 3 rings (SSSR count). The second-order valence-electron chi connectivity index (χ2n) is 6.85. The lowest BCUT2D eigenvalue weighted by atomic mass is 9.93. The van der Waals surface area contributed by atoms with E-state index in [9.17, 15) is 9.59 Å². The number of aryl methyl sites for hydroxylation is 1. The van der Waals surface area contributed by atoms with Crippen LogP contribution in [0.5, 0.6) is 0 Å². The van der Waals surface area contributed by atoms with E-state index in [0.717, 1.165) is 18.4 Å². The molecule has 0 aromatic heterocycles. The van der Waals surface area contributed by atoms with Crippen LogP contribution in [0, 0.1) is 6.92 Å². The van der Waals surface area contributed by atoms with E-state index in [1.54, 1.807) is 0 Å². The molecule has 0 bridgehead atoms. The van der Waals surface area contributed by atoms with Crippen molar-refractivity contribution in [3.8, 4) is 0 Å². The SMILES string of the molecule is Cc1ccc(CNC(=O)[C@@H]2CCC(=O)N2C2CCCCC2)cc1. The summed E-state index contributed by atoms with van der Waals surface area (Å²) < 4.78 is 0. The lowest BCUT2D eigenvalue weighted by Gasteiger charge is -2.35. The van der Waals surface area contributed by atoms with Gasteiger partial charge in [0, 0.05) is 19.0 Å². The largest absolute Gasteiger partial charge is 0.350 e. The zero-order chi connectivity index (χ0) is 16.2. The third-order valence-electron chi connectivity index (χ3n) is 5.11. The van der Waals surface area contributed by atoms with Gasteiger partial charge in [0.25, 0.3) is 0 Å². The van der Waals surface area contributed by atoms with E-state index in [1.165, 1.54) is 24.8 Å². The monoisotopic (exact) mass is 314 g/mol. The van der Waals surface area contributed by atoms with E-state index < -0.39 is 0 Å². The molecule has 4 nitrogen and oxygen atoms in total. The summed E-state index contributed by atoms with van der Waals surface area (Å²) in [6.07, 6.45) is 6.87. The Morgan fingerprint density at radius 3 is 2.52 bits per heavy atom. The summed E-state index contributed by atoms with van der Waals surface area (Å²) in [5.74, 6) is 0.161.